The molecule has 1 aromatic heterocycles. The number of amides is 1. The van der Waals surface area contributed by atoms with E-state index in [1.54, 1.807) is 31.2 Å². The SMILES string of the molecule is CCN(C(=O)n1nnc(-c2c(F)cccc2Cl)c1C#N)c1ccccc1. The van der Waals surface area contributed by atoms with Crippen molar-refractivity contribution >= 4 is 23.3 Å². The predicted molar refractivity (Wildman–Crippen MR) is 95.4 cm³/mol. The second-order valence-corrected chi connectivity index (χ2v) is 5.68. The summed E-state index contributed by atoms with van der Waals surface area (Å²) < 4.78 is 15.0. The highest BCUT2D eigenvalue weighted by Gasteiger charge is 2.26. The topological polar surface area (TPSA) is 74.8 Å². The van der Waals surface area contributed by atoms with Crippen molar-refractivity contribution in [3.05, 3.63) is 65.1 Å². The van der Waals surface area contributed by atoms with Gasteiger partial charge in [-0.15, -0.1) is 9.78 Å². The molecule has 3 rings (SSSR count). The fourth-order valence-corrected chi connectivity index (χ4v) is 2.81. The summed E-state index contributed by atoms with van der Waals surface area (Å²) in [5.74, 6) is -0.649. The number of nitriles is 1. The minimum atomic E-state index is -0.649. The molecule has 3 aromatic rings. The Kier molecular flexibility index (Phi) is 4.96. The van der Waals surface area contributed by atoms with Gasteiger partial charge in [0.15, 0.2) is 5.69 Å². The maximum Gasteiger partial charge on any atom is 0.351 e. The molecule has 6 nitrogen and oxygen atoms in total. The van der Waals surface area contributed by atoms with Crippen LogP contribution < -0.4 is 4.90 Å². The van der Waals surface area contributed by atoms with E-state index in [4.69, 9.17) is 11.6 Å². The minimum Gasteiger partial charge on any atom is -0.293 e. The number of rotatable bonds is 3. The maximum atomic E-state index is 14.2. The van der Waals surface area contributed by atoms with Gasteiger partial charge in [-0.2, -0.15) is 5.26 Å². The number of aromatic nitrogens is 3. The van der Waals surface area contributed by atoms with E-state index in [-0.39, 0.29) is 22.0 Å². The Hall–Kier alpha value is -3.24. The number of carbonyl (C=O) groups is 1. The van der Waals surface area contributed by atoms with Gasteiger partial charge < -0.3 is 0 Å². The Morgan fingerprint density at radius 3 is 2.62 bits per heavy atom. The van der Waals surface area contributed by atoms with Crippen LogP contribution in [-0.2, 0) is 0 Å². The Bertz CT molecular complexity index is 976. The highest BCUT2D eigenvalue weighted by Crippen LogP contribution is 2.31. The molecule has 0 aliphatic rings. The smallest absolute Gasteiger partial charge is 0.293 e. The zero-order valence-corrected chi connectivity index (χ0v) is 14.5. The molecular weight excluding hydrogens is 357 g/mol. The van der Waals surface area contributed by atoms with Crippen molar-refractivity contribution in [1.82, 2.24) is 15.0 Å². The Labute approximate surface area is 154 Å². The van der Waals surface area contributed by atoms with Crippen LogP contribution in [0.15, 0.2) is 48.5 Å². The number of para-hydroxylation sites is 1. The second kappa shape index (κ2) is 7.33. The highest BCUT2D eigenvalue weighted by molar-refractivity contribution is 6.33. The molecule has 1 heterocycles. The summed E-state index contributed by atoms with van der Waals surface area (Å²) in [6.07, 6.45) is 0. The van der Waals surface area contributed by atoms with E-state index >= 15 is 0 Å². The average Bonchev–Trinajstić information content (AvgIpc) is 3.06. The van der Waals surface area contributed by atoms with Gasteiger partial charge in [-0.3, -0.25) is 4.90 Å². The second-order valence-electron chi connectivity index (χ2n) is 5.27. The molecule has 0 atom stereocenters. The fraction of sp³-hybridized carbons (Fsp3) is 0.111. The third kappa shape index (κ3) is 3.03. The summed E-state index contributed by atoms with van der Waals surface area (Å²) in [4.78, 5) is 14.3. The maximum absolute atomic E-state index is 14.2. The van der Waals surface area contributed by atoms with Gasteiger partial charge in [-0.05, 0) is 31.2 Å². The Morgan fingerprint density at radius 1 is 1.27 bits per heavy atom. The molecule has 1 amide bonds. The van der Waals surface area contributed by atoms with E-state index in [2.05, 4.69) is 10.3 Å². The normalized spacial score (nSPS) is 10.4. The minimum absolute atomic E-state index is 0.0625. The van der Waals surface area contributed by atoms with Crippen LogP contribution in [0.5, 0.6) is 0 Å². The summed E-state index contributed by atoms with van der Waals surface area (Å²) in [5, 5.41) is 17.2. The van der Waals surface area contributed by atoms with Crippen LogP contribution >= 0.6 is 11.6 Å². The first-order valence-electron chi connectivity index (χ1n) is 7.75. The van der Waals surface area contributed by atoms with Crippen molar-refractivity contribution in [3.8, 4) is 17.3 Å². The van der Waals surface area contributed by atoms with Crippen molar-refractivity contribution < 1.29 is 9.18 Å². The van der Waals surface area contributed by atoms with Crippen LogP contribution in [0.1, 0.15) is 12.6 Å². The number of benzene rings is 2. The number of hydrogen-bond acceptors (Lipinski definition) is 4. The van der Waals surface area contributed by atoms with Crippen LogP contribution in [-0.4, -0.2) is 27.6 Å². The lowest BCUT2D eigenvalue weighted by Gasteiger charge is -2.20. The molecule has 2 aromatic carbocycles. The molecule has 0 saturated heterocycles. The molecule has 130 valence electrons. The molecule has 0 aliphatic carbocycles. The number of halogens is 2. The molecule has 0 aliphatic heterocycles. The average molecular weight is 370 g/mol. The molecule has 0 fully saturated rings. The quantitative estimate of drug-likeness (QED) is 0.696. The van der Waals surface area contributed by atoms with E-state index in [1.807, 2.05) is 12.1 Å². The van der Waals surface area contributed by atoms with Crippen LogP contribution in [0.2, 0.25) is 5.02 Å². The summed E-state index contributed by atoms with van der Waals surface area (Å²) in [5.41, 5.74) is 0.321. The van der Waals surface area contributed by atoms with Gasteiger partial charge in [-0.1, -0.05) is 41.1 Å². The van der Waals surface area contributed by atoms with Gasteiger partial charge in [0.05, 0.1) is 10.6 Å². The van der Waals surface area contributed by atoms with Gasteiger partial charge in [0.2, 0.25) is 0 Å². The highest BCUT2D eigenvalue weighted by atomic mass is 35.5. The molecule has 0 N–H and O–H groups in total. The Balaban J connectivity index is 2.09. The van der Waals surface area contributed by atoms with Gasteiger partial charge >= 0.3 is 6.03 Å². The van der Waals surface area contributed by atoms with Gasteiger partial charge in [0.1, 0.15) is 17.6 Å². The van der Waals surface area contributed by atoms with Crippen LogP contribution in [0.3, 0.4) is 0 Å². The number of anilines is 1. The fourth-order valence-electron chi connectivity index (χ4n) is 2.56. The predicted octanol–water partition coefficient (Wildman–Crippen LogP) is 4.10. The standard InChI is InChI=1S/C18H13ClFN5O/c1-2-24(12-7-4-3-5-8-12)18(26)25-15(11-21)17(22-23-25)16-13(19)9-6-10-14(16)20/h3-10H,2H2,1H3. The summed E-state index contributed by atoms with van der Waals surface area (Å²) in [7, 11) is 0. The molecule has 0 unspecified atom stereocenters. The molecule has 0 radical (unpaired) electrons. The first-order valence-corrected chi connectivity index (χ1v) is 8.13. The van der Waals surface area contributed by atoms with Crippen molar-refractivity contribution in [2.45, 2.75) is 6.92 Å². The lowest BCUT2D eigenvalue weighted by Crippen LogP contribution is -2.35. The summed E-state index contributed by atoms with van der Waals surface area (Å²) >= 11 is 6.05. The third-order valence-electron chi connectivity index (χ3n) is 3.77. The van der Waals surface area contributed by atoms with E-state index in [9.17, 15) is 14.4 Å². The summed E-state index contributed by atoms with van der Waals surface area (Å²) in [6, 6.07) is 14.4. The summed E-state index contributed by atoms with van der Waals surface area (Å²) in [6.45, 7) is 2.14. The zero-order chi connectivity index (χ0) is 18.7. The van der Waals surface area contributed by atoms with Crippen molar-refractivity contribution in [2.75, 3.05) is 11.4 Å². The van der Waals surface area contributed by atoms with Crippen molar-refractivity contribution in [3.63, 3.8) is 0 Å². The first kappa shape index (κ1) is 17.6. The van der Waals surface area contributed by atoms with E-state index in [0.29, 0.717) is 12.2 Å². The number of nitrogens with zero attached hydrogens (tertiary/aromatic N) is 5. The molecule has 0 saturated carbocycles. The van der Waals surface area contributed by atoms with Crippen LogP contribution in [0.25, 0.3) is 11.3 Å². The van der Waals surface area contributed by atoms with Gasteiger partial charge in [0.25, 0.3) is 0 Å². The van der Waals surface area contributed by atoms with Crippen LogP contribution in [0, 0.1) is 17.1 Å². The van der Waals surface area contributed by atoms with E-state index in [0.717, 1.165) is 4.68 Å². The number of carbonyl (C=O) groups excluding carboxylic acids is 1. The molecule has 8 heteroatoms. The first-order chi connectivity index (χ1) is 12.6. The van der Waals surface area contributed by atoms with Crippen LogP contribution in [0.4, 0.5) is 14.9 Å². The molecule has 0 spiro atoms. The van der Waals surface area contributed by atoms with Crippen molar-refractivity contribution in [2.24, 2.45) is 0 Å². The molecular formula is C18H13ClFN5O. The van der Waals surface area contributed by atoms with E-state index < -0.39 is 11.8 Å². The van der Waals surface area contributed by atoms with Gasteiger partial charge in [0, 0.05) is 12.2 Å². The third-order valence-corrected chi connectivity index (χ3v) is 4.09. The zero-order valence-electron chi connectivity index (χ0n) is 13.7. The van der Waals surface area contributed by atoms with E-state index in [1.165, 1.54) is 23.1 Å². The largest absolute Gasteiger partial charge is 0.351 e. The lowest BCUT2D eigenvalue weighted by molar-refractivity contribution is 0.244. The van der Waals surface area contributed by atoms with Crippen molar-refractivity contribution in [1.29, 1.82) is 5.26 Å². The monoisotopic (exact) mass is 369 g/mol. The Morgan fingerprint density at radius 2 is 2.00 bits per heavy atom. The molecule has 26 heavy (non-hydrogen) atoms. The lowest BCUT2D eigenvalue weighted by atomic mass is 10.1. The molecule has 0 bridgehead atoms. The number of hydrogen-bond donors (Lipinski definition) is 0. The van der Waals surface area contributed by atoms with Gasteiger partial charge in [-0.25, -0.2) is 9.18 Å².